The maximum Gasteiger partial charge on any atom is 0.342 e. The van der Waals surface area contributed by atoms with Crippen LogP contribution in [0, 0.1) is 5.92 Å². The van der Waals surface area contributed by atoms with Gasteiger partial charge in [0.15, 0.2) is 5.78 Å². The summed E-state index contributed by atoms with van der Waals surface area (Å²) in [6.45, 7) is 3.44. The van der Waals surface area contributed by atoms with Gasteiger partial charge in [-0.3, -0.25) is 4.79 Å². The fraction of sp³-hybridized carbons (Fsp3) is 0.280. The Morgan fingerprint density at radius 3 is 2.39 bits per heavy atom. The topological polar surface area (TPSA) is 104 Å². The minimum Gasteiger partial charge on any atom is -0.507 e. The van der Waals surface area contributed by atoms with E-state index in [1.54, 1.807) is 32.1 Å². The van der Waals surface area contributed by atoms with Gasteiger partial charge in [-0.25, -0.2) is 4.79 Å². The summed E-state index contributed by atoms with van der Waals surface area (Å²) in [6, 6.07) is 12.6. The Balaban J connectivity index is 2.08. The third-order valence-electron chi connectivity index (χ3n) is 5.39. The van der Waals surface area contributed by atoms with Gasteiger partial charge in [-0.15, -0.1) is 0 Å². The van der Waals surface area contributed by atoms with Gasteiger partial charge >= 0.3 is 5.97 Å². The molecule has 1 aliphatic rings. The molecule has 0 unspecified atom stereocenters. The van der Waals surface area contributed by atoms with Crippen molar-refractivity contribution in [2.45, 2.75) is 38.6 Å². The van der Waals surface area contributed by atoms with Gasteiger partial charge in [0.25, 0.3) is 0 Å². The average molecular weight is 422 g/mol. The van der Waals surface area contributed by atoms with Crippen LogP contribution in [0.15, 0.2) is 60.7 Å². The summed E-state index contributed by atoms with van der Waals surface area (Å²) >= 11 is 0. The van der Waals surface area contributed by atoms with Crippen molar-refractivity contribution in [3.63, 3.8) is 0 Å². The Morgan fingerprint density at radius 1 is 0.968 bits per heavy atom. The van der Waals surface area contributed by atoms with Crippen LogP contribution in [-0.2, 0) is 9.53 Å². The molecule has 3 rings (SSSR count). The molecule has 0 aromatic heterocycles. The first kappa shape index (κ1) is 22.5. The fourth-order valence-electron chi connectivity index (χ4n) is 3.29. The van der Waals surface area contributed by atoms with Crippen molar-refractivity contribution >= 4 is 17.8 Å². The van der Waals surface area contributed by atoms with Gasteiger partial charge in [-0.1, -0.05) is 55.5 Å². The van der Waals surface area contributed by atoms with Crippen LogP contribution in [-0.4, -0.2) is 45.4 Å². The molecule has 0 amide bonds. The highest BCUT2D eigenvalue weighted by molar-refractivity contribution is 5.98. The lowest BCUT2D eigenvalue weighted by atomic mass is 9.96. The molecule has 6 nitrogen and oxygen atoms in total. The molecule has 0 spiro atoms. The number of carbonyl (C=O) groups is 2. The van der Waals surface area contributed by atoms with Crippen molar-refractivity contribution in [1.82, 2.24) is 0 Å². The molecule has 6 heteroatoms. The summed E-state index contributed by atoms with van der Waals surface area (Å²) in [5.41, 5.74) is 1.98. The number of aliphatic hydroxyl groups is 2. The number of aliphatic hydroxyl groups excluding tert-OH is 2. The Morgan fingerprint density at radius 2 is 1.68 bits per heavy atom. The van der Waals surface area contributed by atoms with E-state index >= 15 is 0 Å². The van der Waals surface area contributed by atoms with Crippen LogP contribution in [0.3, 0.4) is 0 Å². The molecule has 0 saturated carbocycles. The Kier molecular flexibility index (Phi) is 7.05. The predicted molar refractivity (Wildman–Crippen MR) is 117 cm³/mol. The van der Waals surface area contributed by atoms with Gasteiger partial charge in [0.05, 0.1) is 6.10 Å². The molecule has 1 aliphatic heterocycles. The molecule has 0 aliphatic carbocycles. The molecule has 4 atom stereocenters. The average Bonchev–Trinajstić information content (AvgIpc) is 2.76. The first-order valence-corrected chi connectivity index (χ1v) is 10.2. The lowest BCUT2D eigenvalue weighted by molar-refractivity contribution is -0.127. The molecule has 3 N–H and O–H groups in total. The summed E-state index contributed by atoms with van der Waals surface area (Å²) in [6.07, 6.45) is 2.36. The number of carbonyl (C=O) groups excluding carboxylic acids is 2. The molecular weight excluding hydrogens is 396 g/mol. The molecule has 0 bridgehead atoms. The van der Waals surface area contributed by atoms with E-state index in [9.17, 15) is 24.9 Å². The zero-order valence-electron chi connectivity index (χ0n) is 17.4. The number of esters is 1. The van der Waals surface area contributed by atoms with Crippen LogP contribution in [0.4, 0.5) is 0 Å². The van der Waals surface area contributed by atoms with E-state index in [4.69, 9.17) is 4.74 Å². The van der Waals surface area contributed by atoms with E-state index in [2.05, 4.69) is 0 Å². The predicted octanol–water partition coefficient (Wildman–Crippen LogP) is 3.50. The van der Waals surface area contributed by atoms with E-state index < -0.39 is 30.1 Å². The third kappa shape index (κ3) is 5.29. The molecule has 2 aromatic carbocycles. The van der Waals surface area contributed by atoms with Crippen molar-refractivity contribution in [3.05, 3.63) is 71.8 Å². The maximum atomic E-state index is 12.9. The number of phenolic OH excluding ortho intramolecular Hbond substituents is 1. The molecule has 1 heterocycles. The van der Waals surface area contributed by atoms with Crippen LogP contribution < -0.4 is 0 Å². The second kappa shape index (κ2) is 9.73. The number of rotatable bonds is 1. The highest BCUT2D eigenvalue weighted by atomic mass is 16.5. The van der Waals surface area contributed by atoms with Crippen LogP contribution in [0.1, 0.15) is 36.2 Å². The third-order valence-corrected chi connectivity index (χ3v) is 5.39. The highest BCUT2D eigenvalue weighted by Gasteiger charge is 2.25. The van der Waals surface area contributed by atoms with Crippen LogP contribution in [0.25, 0.3) is 17.2 Å². The minimum atomic E-state index is -1.56. The number of hydrogen-bond acceptors (Lipinski definition) is 6. The molecule has 2 aromatic rings. The van der Waals surface area contributed by atoms with Crippen molar-refractivity contribution in [2.75, 3.05) is 0 Å². The summed E-state index contributed by atoms with van der Waals surface area (Å²) in [5, 5.41) is 30.9. The molecule has 162 valence electrons. The number of benzene rings is 2. The van der Waals surface area contributed by atoms with Gasteiger partial charge in [0, 0.05) is 5.92 Å². The number of cyclic esters (lactones) is 1. The van der Waals surface area contributed by atoms with Gasteiger partial charge in [-0.05, 0) is 48.2 Å². The first-order chi connectivity index (χ1) is 14.8. The van der Waals surface area contributed by atoms with Crippen molar-refractivity contribution in [2.24, 2.45) is 5.92 Å². The Labute approximate surface area is 181 Å². The standard InChI is InChI=1S/C25H26O6/c1-15-11-12-21(27)24(29)20(26)10-6-9-18-13-19(17-7-4-3-5-8-17)14-22(28)23(18)25(30)31-16(15)2/h3-9,11-16,20,24,26,28-29H,10H2,1-2H3/b9-6+,12-11-/t15-,16+,20+,24+/m1/s1. The summed E-state index contributed by atoms with van der Waals surface area (Å²) in [7, 11) is 0. The maximum absolute atomic E-state index is 12.9. The monoisotopic (exact) mass is 422 g/mol. The Hall–Kier alpha value is -3.22. The van der Waals surface area contributed by atoms with Gasteiger partial charge in [0.1, 0.15) is 23.5 Å². The number of fused-ring (bicyclic) bond motifs is 1. The van der Waals surface area contributed by atoms with Crippen molar-refractivity contribution in [3.8, 4) is 16.9 Å². The van der Waals surface area contributed by atoms with Gasteiger partial charge in [-0.2, -0.15) is 0 Å². The number of hydrogen-bond donors (Lipinski definition) is 3. The summed E-state index contributed by atoms with van der Waals surface area (Å²) in [4.78, 5) is 25.0. The second-order valence-electron chi connectivity index (χ2n) is 7.71. The van der Waals surface area contributed by atoms with E-state index in [1.807, 2.05) is 30.3 Å². The van der Waals surface area contributed by atoms with Crippen LogP contribution in [0.2, 0.25) is 0 Å². The zero-order chi connectivity index (χ0) is 22.5. The van der Waals surface area contributed by atoms with Gasteiger partial charge in [0.2, 0.25) is 0 Å². The van der Waals surface area contributed by atoms with Crippen LogP contribution in [0.5, 0.6) is 5.75 Å². The number of phenols is 1. The van der Waals surface area contributed by atoms with Crippen LogP contribution >= 0.6 is 0 Å². The smallest absolute Gasteiger partial charge is 0.342 e. The van der Waals surface area contributed by atoms with E-state index in [0.717, 1.165) is 5.56 Å². The SMILES string of the molecule is C[C@@H]1/C=C\C(=O)[C@@H](O)[C@@H](O)C/C=C/c2cc(-c3ccccc3)cc(O)c2C(=O)O[C@H]1C. The second-order valence-corrected chi connectivity index (χ2v) is 7.71. The van der Waals surface area contributed by atoms with Crippen molar-refractivity contribution in [1.29, 1.82) is 0 Å². The molecule has 31 heavy (non-hydrogen) atoms. The molecule has 0 saturated heterocycles. The first-order valence-electron chi connectivity index (χ1n) is 10.2. The van der Waals surface area contributed by atoms with E-state index in [0.29, 0.717) is 11.1 Å². The lowest BCUT2D eigenvalue weighted by Gasteiger charge is -2.20. The zero-order valence-corrected chi connectivity index (χ0v) is 17.4. The molecule has 0 radical (unpaired) electrons. The summed E-state index contributed by atoms with van der Waals surface area (Å²) < 4.78 is 5.54. The highest BCUT2D eigenvalue weighted by Crippen LogP contribution is 2.32. The minimum absolute atomic E-state index is 0.0159. The number of aromatic hydroxyl groups is 1. The van der Waals surface area contributed by atoms with Gasteiger partial charge < -0.3 is 20.1 Å². The number of ether oxygens (including phenoxy) is 1. The largest absolute Gasteiger partial charge is 0.507 e. The van der Waals surface area contributed by atoms with E-state index in [-0.39, 0.29) is 23.7 Å². The lowest BCUT2D eigenvalue weighted by Crippen LogP contribution is -2.32. The van der Waals surface area contributed by atoms with E-state index in [1.165, 1.54) is 18.2 Å². The normalized spacial score (nSPS) is 27.0. The summed E-state index contributed by atoms with van der Waals surface area (Å²) in [5.74, 6) is -1.85. The van der Waals surface area contributed by atoms with Crippen molar-refractivity contribution < 1.29 is 29.6 Å². The quantitative estimate of drug-likeness (QED) is 0.608. The number of ketones is 1. The Bertz CT molecular complexity index is 1010. The molecule has 0 fully saturated rings. The fourth-order valence-corrected chi connectivity index (χ4v) is 3.29. The molecular formula is C25H26O6.